The van der Waals surface area contributed by atoms with Crippen LogP contribution < -0.4 is 5.32 Å². The second-order valence-electron chi connectivity index (χ2n) is 9.78. The van der Waals surface area contributed by atoms with E-state index in [-0.39, 0.29) is 34.4 Å². The predicted molar refractivity (Wildman–Crippen MR) is 126 cm³/mol. The van der Waals surface area contributed by atoms with Gasteiger partial charge in [0.2, 0.25) is 15.9 Å². The van der Waals surface area contributed by atoms with E-state index in [1.165, 1.54) is 21.9 Å². The highest BCUT2D eigenvalue weighted by molar-refractivity contribution is 7.89. The fraction of sp³-hybridized carbons (Fsp3) is 0.600. The standard InChI is InChI=1S/C25H35N3O4S/c1-18-9-7-11-22(15-18)25(12-5-4-6-13-25)17-26-24(29)21-10-8-14-28(16-21)33(30,31)23-19(2)27-32-20(23)3/h7,9,11,15,21H,4-6,8,10,12-14,16-17H2,1-3H3,(H,26,29). The summed E-state index contributed by atoms with van der Waals surface area (Å²) in [5.74, 6) is -0.116. The first-order chi connectivity index (χ1) is 15.7. The van der Waals surface area contributed by atoms with Gasteiger partial charge in [0.15, 0.2) is 5.76 Å². The van der Waals surface area contributed by atoms with Crippen LogP contribution in [0.15, 0.2) is 33.7 Å². The lowest BCUT2D eigenvalue weighted by Crippen LogP contribution is -2.48. The van der Waals surface area contributed by atoms with Gasteiger partial charge in [-0.05, 0) is 52.0 Å². The van der Waals surface area contributed by atoms with Crippen molar-refractivity contribution in [2.75, 3.05) is 19.6 Å². The van der Waals surface area contributed by atoms with Crippen molar-refractivity contribution >= 4 is 15.9 Å². The number of rotatable bonds is 6. The van der Waals surface area contributed by atoms with Gasteiger partial charge in [0.25, 0.3) is 0 Å². The summed E-state index contributed by atoms with van der Waals surface area (Å²) in [4.78, 5) is 13.3. The third-order valence-electron chi connectivity index (χ3n) is 7.36. The molecule has 1 unspecified atom stereocenters. The molecule has 2 heterocycles. The molecule has 1 saturated carbocycles. The Morgan fingerprint density at radius 3 is 2.61 bits per heavy atom. The third kappa shape index (κ3) is 4.87. The van der Waals surface area contributed by atoms with Gasteiger partial charge in [-0.1, -0.05) is 54.2 Å². The third-order valence-corrected chi connectivity index (χ3v) is 9.47. The van der Waals surface area contributed by atoms with Gasteiger partial charge in [-0.2, -0.15) is 4.31 Å². The maximum absolute atomic E-state index is 13.2. The number of sulfonamides is 1. The van der Waals surface area contributed by atoms with Gasteiger partial charge in [0, 0.05) is 25.0 Å². The Hall–Kier alpha value is -2.19. The minimum Gasteiger partial charge on any atom is -0.360 e. The van der Waals surface area contributed by atoms with Gasteiger partial charge in [-0.15, -0.1) is 0 Å². The van der Waals surface area contributed by atoms with Gasteiger partial charge in [0.1, 0.15) is 10.6 Å². The molecular formula is C25H35N3O4S. The van der Waals surface area contributed by atoms with Crippen molar-refractivity contribution in [3.63, 3.8) is 0 Å². The molecule has 0 bridgehead atoms. The Morgan fingerprint density at radius 2 is 1.94 bits per heavy atom. The monoisotopic (exact) mass is 473 g/mol. The van der Waals surface area contributed by atoms with Crippen molar-refractivity contribution in [1.82, 2.24) is 14.8 Å². The van der Waals surface area contributed by atoms with E-state index in [1.54, 1.807) is 13.8 Å². The number of hydrogen-bond donors (Lipinski definition) is 1. The number of benzene rings is 1. The quantitative estimate of drug-likeness (QED) is 0.684. The molecule has 1 atom stereocenters. The number of hydrogen-bond acceptors (Lipinski definition) is 5. The minimum absolute atomic E-state index is 0.0446. The van der Waals surface area contributed by atoms with Crippen molar-refractivity contribution < 1.29 is 17.7 Å². The van der Waals surface area contributed by atoms with Gasteiger partial charge < -0.3 is 9.84 Å². The Kier molecular flexibility index (Phi) is 6.96. The van der Waals surface area contributed by atoms with Gasteiger partial charge in [-0.25, -0.2) is 8.42 Å². The predicted octanol–water partition coefficient (Wildman–Crippen LogP) is 4.02. The zero-order valence-electron chi connectivity index (χ0n) is 19.9. The van der Waals surface area contributed by atoms with E-state index in [1.807, 2.05) is 0 Å². The van der Waals surface area contributed by atoms with E-state index in [2.05, 4.69) is 41.7 Å². The summed E-state index contributed by atoms with van der Waals surface area (Å²) in [6.07, 6.45) is 7.04. The molecule has 8 heteroatoms. The van der Waals surface area contributed by atoms with E-state index in [4.69, 9.17) is 4.52 Å². The Balaban J connectivity index is 1.47. The van der Waals surface area contributed by atoms with Crippen LogP contribution in [0.5, 0.6) is 0 Å². The molecule has 1 aliphatic carbocycles. The number of aromatic nitrogens is 1. The lowest BCUT2D eigenvalue weighted by molar-refractivity contribution is -0.126. The molecule has 1 amide bonds. The summed E-state index contributed by atoms with van der Waals surface area (Å²) in [5.41, 5.74) is 2.85. The Labute approximate surface area is 197 Å². The first kappa shape index (κ1) is 24.0. The molecule has 4 rings (SSSR count). The molecule has 7 nitrogen and oxygen atoms in total. The smallest absolute Gasteiger partial charge is 0.248 e. The average molecular weight is 474 g/mol. The summed E-state index contributed by atoms with van der Waals surface area (Å²) >= 11 is 0. The van der Waals surface area contributed by atoms with Crippen LogP contribution in [0.1, 0.15) is 67.5 Å². The highest BCUT2D eigenvalue weighted by atomic mass is 32.2. The van der Waals surface area contributed by atoms with Gasteiger partial charge >= 0.3 is 0 Å². The molecule has 1 aliphatic heterocycles. The number of carbonyl (C=O) groups excluding carboxylic acids is 1. The Morgan fingerprint density at radius 1 is 1.18 bits per heavy atom. The van der Waals surface area contributed by atoms with Crippen LogP contribution in [0.3, 0.4) is 0 Å². The molecule has 2 fully saturated rings. The summed E-state index contributed by atoms with van der Waals surface area (Å²) in [6.45, 7) is 6.54. The van der Waals surface area contributed by atoms with Crippen LogP contribution in [0.2, 0.25) is 0 Å². The molecule has 2 aliphatic rings. The van der Waals surface area contributed by atoms with Crippen LogP contribution in [-0.4, -0.2) is 43.4 Å². The molecule has 33 heavy (non-hydrogen) atoms. The number of amides is 1. The van der Waals surface area contributed by atoms with Crippen LogP contribution in [0, 0.1) is 26.7 Å². The lowest BCUT2D eigenvalue weighted by atomic mass is 9.69. The number of aryl methyl sites for hydroxylation is 3. The van der Waals surface area contributed by atoms with Crippen molar-refractivity contribution in [3.8, 4) is 0 Å². The Bertz CT molecular complexity index is 1080. The highest BCUT2D eigenvalue weighted by Crippen LogP contribution is 2.39. The number of nitrogens with zero attached hydrogens (tertiary/aromatic N) is 2. The molecule has 1 aromatic carbocycles. The van der Waals surface area contributed by atoms with Crippen LogP contribution in [0.4, 0.5) is 0 Å². The molecule has 2 aromatic rings. The average Bonchev–Trinajstić information content (AvgIpc) is 3.16. The van der Waals surface area contributed by atoms with Crippen LogP contribution >= 0.6 is 0 Å². The first-order valence-electron chi connectivity index (χ1n) is 12.0. The number of carbonyl (C=O) groups is 1. The molecule has 180 valence electrons. The van der Waals surface area contributed by atoms with Crippen molar-refractivity contribution in [3.05, 3.63) is 46.8 Å². The van der Waals surface area contributed by atoms with Crippen LogP contribution in [0.25, 0.3) is 0 Å². The fourth-order valence-electron chi connectivity index (χ4n) is 5.52. The first-order valence-corrected chi connectivity index (χ1v) is 13.4. The maximum atomic E-state index is 13.2. The van der Waals surface area contributed by atoms with Gasteiger partial charge in [-0.3, -0.25) is 4.79 Å². The summed E-state index contributed by atoms with van der Waals surface area (Å²) in [5, 5.41) is 7.01. The van der Waals surface area contributed by atoms with E-state index in [9.17, 15) is 13.2 Å². The normalized spacial score (nSPS) is 21.6. The topological polar surface area (TPSA) is 92.5 Å². The van der Waals surface area contributed by atoms with E-state index < -0.39 is 10.0 Å². The lowest BCUT2D eigenvalue weighted by Gasteiger charge is -2.39. The molecule has 1 saturated heterocycles. The van der Waals surface area contributed by atoms with Crippen LogP contribution in [-0.2, 0) is 20.2 Å². The maximum Gasteiger partial charge on any atom is 0.248 e. The molecular weight excluding hydrogens is 438 g/mol. The van der Waals surface area contributed by atoms with Crippen molar-refractivity contribution in [2.45, 2.75) is 76.0 Å². The second kappa shape index (κ2) is 9.58. The number of nitrogens with one attached hydrogen (secondary N) is 1. The molecule has 1 aromatic heterocycles. The zero-order chi connectivity index (χ0) is 23.6. The highest BCUT2D eigenvalue weighted by Gasteiger charge is 2.38. The van der Waals surface area contributed by atoms with Crippen molar-refractivity contribution in [2.24, 2.45) is 5.92 Å². The summed E-state index contributed by atoms with van der Waals surface area (Å²) in [7, 11) is -3.74. The minimum atomic E-state index is -3.74. The largest absolute Gasteiger partial charge is 0.360 e. The van der Waals surface area contributed by atoms with Gasteiger partial charge in [0.05, 0.1) is 5.92 Å². The SMILES string of the molecule is Cc1cccc(C2(CNC(=O)C3CCCN(S(=O)(=O)c4c(C)noc4C)C3)CCCCC2)c1. The fourth-order valence-corrected chi connectivity index (χ4v) is 7.33. The van der Waals surface area contributed by atoms with E-state index in [0.29, 0.717) is 31.6 Å². The number of piperidine rings is 1. The summed E-state index contributed by atoms with van der Waals surface area (Å²) < 4.78 is 33.0. The second-order valence-corrected chi connectivity index (χ2v) is 11.7. The molecule has 0 radical (unpaired) electrons. The molecule has 0 spiro atoms. The van der Waals surface area contributed by atoms with E-state index >= 15 is 0 Å². The molecule has 1 N–H and O–H groups in total. The van der Waals surface area contributed by atoms with Crippen molar-refractivity contribution in [1.29, 1.82) is 0 Å². The zero-order valence-corrected chi connectivity index (χ0v) is 20.7. The summed E-state index contributed by atoms with van der Waals surface area (Å²) in [6, 6.07) is 8.63. The van der Waals surface area contributed by atoms with E-state index in [0.717, 1.165) is 25.7 Å².